The van der Waals surface area contributed by atoms with E-state index in [1.807, 2.05) is 24.0 Å². The molecule has 1 saturated carbocycles. The van der Waals surface area contributed by atoms with Crippen molar-refractivity contribution in [3.63, 3.8) is 0 Å². The van der Waals surface area contributed by atoms with E-state index in [1.54, 1.807) is 12.1 Å². The SMILES string of the molecule is CCN(C(=O)COc1cccc(C(N)=S)c1)C1CC1. The number of amides is 1. The molecule has 19 heavy (non-hydrogen) atoms. The van der Waals surface area contributed by atoms with Crippen molar-refractivity contribution in [1.29, 1.82) is 0 Å². The van der Waals surface area contributed by atoms with Gasteiger partial charge in [0.15, 0.2) is 6.61 Å². The molecular weight excluding hydrogens is 260 g/mol. The second-order valence-corrected chi connectivity index (χ2v) is 5.03. The average Bonchev–Trinajstić information content (AvgIpc) is 3.22. The minimum atomic E-state index is 0.0331. The fourth-order valence-corrected chi connectivity index (χ4v) is 2.12. The van der Waals surface area contributed by atoms with E-state index in [0.717, 1.165) is 24.9 Å². The van der Waals surface area contributed by atoms with Crippen molar-refractivity contribution >= 4 is 23.1 Å². The zero-order valence-corrected chi connectivity index (χ0v) is 11.8. The number of rotatable bonds is 6. The molecule has 1 aliphatic carbocycles. The zero-order valence-electron chi connectivity index (χ0n) is 11.0. The highest BCUT2D eigenvalue weighted by Crippen LogP contribution is 2.26. The normalized spacial score (nSPS) is 13.9. The maximum atomic E-state index is 12.0. The van der Waals surface area contributed by atoms with Gasteiger partial charge in [-0.3, -0.25) is 4.79 Å². The molecule has 0 saturated heterocycles. The molecule has 2 N–H and O–H groups in total. The summed E-state index contributed by atoms with van der Waals surface area (Å²) in [5, 5.41) is 0. The standard InChI is InChI=1S/C14H18N2O2S/c1-2-16(11-6-7-11)13(17)9-18-12-5-3-4-10(8-12)14(15)19/h3-5,8,11H,2,6-7,9H2,1H3,(H2,15,19). The summed E-state index contributed by atoms with van der Waals surface area (Å²) < 4.78 is 5.51. The van der Waals surface area contributed by atoms with Gasteiger partial charge in [-0.25, -0.2) is 0 Å². The third-order valence-corrected chi connectivity index (χ3v) is 3.37. The van der Waals surface area contributed by atoms with Crippen molar-refractivity contribution in [3.8, 4) is 5.75 Å². The minimum absolute atomic E-state index is 0.0331. The van der Waals surface area contributed by atoms with E-state index >= 15 is 0 Å². The van der Waals surface area contributed by atoms with Crippen LogP contribution in [0.25, 0.3) is 0 Å². The van der Waals surface area contributed by atoms with Gasteiger partial charge in [0.1, 0.15) is 10.7 Å². The van der Waals surface area contributed by atoms with Crippen molar-refractivity contribution in [2.45, 2.75) is 25.8 Å². The van der Waals surface area contributed by atoms with Gasteiger partial charge in [-0.2, -0.15) is 0 Å². The first kappa shape index (κ1) is 13.8. The Labute approximate surface area is 118 Å². The number of thiocarbonyl (C=S) groups is 1. The fourth-order valence-electron chi connectivity index (χ4n) is 1.99. The Hall–Kier alpha value is -1.62. The second-order valence-electron chi connectivity index (χ2n) is 4.59. The Balaban J connectivity index is 1.92. The average molecular weight is 278 g/mol. The molecule has 0 radical (unpaired) electrons. The lowest BCUT2D eigenvalue weighted by Gasteiger charge is -2.20. The molecule has 102 valence electrons. The summed E-state index contributed by atoms with van der Waals surface area (Å²) in [6.07, 6.45) is 2.22. The van der Waals surface area contributed by atoms with Gasteiger partial charge in [0, 0.05) is 18.2 Å². The van der Waals surface area contributed by atoms with Crippen LogP contribution < -0.4 is 10.5 Å². The highest BCUT2D eigenvalue weighted by molar-refractivity contribution is 7.80. The number of carbonyl (C=O) groups is 1. The molecular formula is C14H18N2O2S. The Morgan fingerprint density at radius 2 is 2.26 bits per heavy atom. The van der Waals surface area contributed by atoms with Crippen LogP contribution >= 0.6 is 12.2 Å². The third-order valence-electron chi connectivity index (χ3n) is 3.13. The van der Waals surface area contributed by atoms with E-state index in [0.29, 0.717) is 16.8 Å². The van der Waals surface area contributed by atoms with Gasteiger partial charge in [-0.15, -0.1) is 0 Å². The van der Waals surface area contributed by atoms with Crippen LogP contribution in [0.15, 0.2) is 24.3 Å². The number of hydrogen-bond donors (Lipinski definition) is 1. The molecule has 1 fully saturated rings. The zero-order chi connectivity index (χ0) is 13.8. The lowest BCUT2D eigenvalue weighted by molar-refractivity contribution is -0.133. The molecule has 0 aromatic heterocycles. The number of nitrogens with zero attached hydrogens (tertiary/aromatic N) is 1. The Kier molecular flexibility index (Phi) is 4.37. The van der Waals surface area contributed by atoms with E-state index < -0.39 is 0 Å². The molecule has 1 aromatic rings. The Morgan fingerprint density at radius 1 is 1.53 bits per heavy atom. The molecule has 5 heteroatoms. The number of benzene rings is 1. The van der Waals surface area contributed by atoms with Gasteiger partial charge in [-0.1, -0.05) is 24.4 Å². The first-order valence-electron chi connectivity index (χ1n) is 6.44. The van der Waals surface area contributed by atoms with E-state index in [4.69, 9.17) is 22.7 Å². The molecule has 0 aliphatic heterocycles. The summed E-state index contributed by atoms with van der Waals surface area (Å²) in [6, 6.07) is 7.60. The molecule has 0 spiro atoms. The third kappa shape index (κ3) is 3.67. The van der Waals surface area contributed by atoms with Crippen LogP contribution in [-0.4, -0.2) is 35.0 Å². The van der Waals surface area contributed by atoms with E-state index in [2.05, 4.69) is 0 Å². The number of hydrogen-bond acceptors (Lipinski definition) is 3. The summed E-state index contributed by atoms with van der Waals surface area (Å²) >= 11 is 4.91. The van der Waals surface area contributed by atoms with Crippen molar-refractivity contribution in [3.05, 3.63) is 29.8 Å². The van der Waals surface area contributed by atoms with E-state index in [-0.39, 0.29) is 12.5 Å². The maximum absolute atomic E-state index is 12.0. The highest BCUT2D eigenvalue weighted by atomic mass is 32.1. The van der Waals surface area contributed by atoms with Gasteiger partial charge in [0.25, 0.3) is 5.91 Å². The number of carbonyl (C=O) groups excluding carboxylic acids is 1. The van der Waals surface area contributed by atoms with Gasteiger partial charge in [0.05, 0.1) is 0 Å². The van der Waals surface area contributed by atoms with Crippen molar-refractivity contribution in [2.75, 3.05) is 13.2 Å². The lowest BCUT2D eigenvalue weighted by Crippen LogP contribution is -2.36. The van der Waals surface area contributed by atoms with Crippen LogP contribution in [0.2, 0.25) is 0 Å². The Morgan fingerprint density at radius 3 is 2.84 bits per heavy atom. The number of likely N-dealkylation sites (N-methyl/N-ethyl adjacent to an activating group) is 1. The molecule has 1 amide bonds. The largest absolute Gasteiger partial charge is 0.484 e. The molecule has 0 heterocycles. The van der Waals surface area contributed by atoms with Crippen LogP contribution in [0.5, 0.6) is 5.75 Å². The molecule has 1 aromatic carbocycles. The van der Waals surface area contributed by atoms with Gasteiger partial charge >= 0.3 is 0 Å². The predicted octanol–water partition coefficient (Wildman–Crippen LogP) is 1.71. The van der Waals surface area contributed by atoms with Crippen LogP contribution in [-0.2, 0) is 4.79 Å². The summed E-state index contributed by atoms with van der Waals surface area (Å²) in [5.74, 6) is 0.649. The maximum Gasteiger partial charge on any atom is 0.260 e. The molecule has 2 rings (SSSR count). The van der Waals surface area contributed by atoms with E-state index in [1.165, 1.54) is 0 Å². The molecule has 0 bridgehead atoms. The Bertz CT molecular complexity index is 486. The summed E-state index contributed by atoms with van der Waals surface area (Å²) in [4.78, 5) is 14.2. The molecule has 4 nitrogen and oxygen atoms in total. The van der Waals surface area contributed by atoms with Crippen molar-refractivity contribution < 1.29 is 9.53 Å². The van der Waals surface area contributed by atoms with Crippen molar-refractivity contribution in [1.82, 2.24) is 4.90 Å². The fraction of sp³-hybridized carbons (Fsp3) is 0.429. The quantitative estimate of drug-likeness (QED) is 0.805. The second kappa shape index (κ2) is 6.02. The van der Waals surface area contributed by atoms with Gasteiger partial charge < -0.3 is 15.4 Å². The molecule has 0 atom stereocenters. The smallest absolute Gasteiger partial charge is 0.260 e. The molecule has 0 unspecified atom stereocenters. The van der Waals surface area contributed by atoms with Crippen molar-refractivity contribution in [2.24, 2.45) is 5.73 Å². The topological polar surface area (TPSA) is 55.6 Å². The lowest BCUT2D eigenvalue weighted by atomic mass is 10.2. The van der Waals surface area contributed by atoms with Crippen LogP contribution in [0.1, 0.15) is 25.3 Å². The minimum Gasteiger partial charge on any atom is -0.484 e. The van der Waals surface area contributed by atoms with E-state index in [9.17, 15) is 4.79 Å². The highest BCUT2D eigenvalue weighted by Gasteiger charge is 2.31. The number of nitrogens with two attached hydrogens (primary N) is 1. The van der Waals surface area contributed by atoms with Crippen LogP contribution in [0.4, 0.5) is 0 Å². The predicted molar refractivity (Wildman–Crippen MR) is 78.2 cm³/mol. The first-order valence-corrected chi connectivity index (χ1v) is 6.84. The number of ether oxygens (including phenoxy) is 1. The van der Waals surface area contributed by atoms with Crippen LogP contribution in [0, 0.1) is 0 Å². The van der Waals surface area contributed by atoms with Crippen LogP contribution in [0.3, 0.4) is 0 Å². The monoisotopic (exact) mass is 278 g/mol. The molecule has 1 aliphatic rings. The van der Waals surface area contributed by atoms with Gasteiger partial charge in [-0.05, 0) is 31.9 Å². The summed E-state index contributed by atoms with van der Waals surface area (Å²) in [6.45, 7) is 2.79. The van der Waals surface area contributed by atoms with Gasteiger partial charge in [0.2, 0.25) is 0 Å². The summed E-state index contributed by atoms with van der Waals surface area (Å²) in [7, 11) is 0. The summed E-state index contributed by atoms with van der Waals surface area (Å²) in [5.41, 5.74) is 6.30. The first-order chi connectivity index (χ1) is 9.11.